The molecule has 0 spiro atoms. The number of hydrogen-bond donors (Lipinski definition) is 2. The fourth-order valence-corrected chi connectivity index (χ4v) is 1.23. The Bertz CT molecular complexity index is 249. The van der Waals surface area contributed by atoms with Crippen LogP contribution in [0.2, 0.25) is 0 Å². The van der Waals surface area contributed by atoms with Gasteiger partial charge in [-0.2, -0.15) is 0 Å². The lowest BCUT2D eigenvalue weighted by molar-refractivity contribution is 0.280. The van der Waals surface area contributed by atoms with Crippen LogP contribution >= 0.6 is 0 Å². The van der Waals surface area contributed by atoms with E-state index in [1.807, 2.05) is 10.9 Å². The average molecular weight is 198 g/mol. The summed E-state index contributed by atoms with van der Waals surface area (Å²) in [6.45, 7) is 1.77. The SMILES string of the molecule is NCCCc1cn(CCCCO)nn1. The van der Waals surface area contributed by atoms with E-state index in [2.05, 4.69) is 10.3 Å². The van der Waals surface area contributed by atoms with Crippen molar-refractivity contribution in [2.45, 2.75) is 32.2 Å². The molecule has 0 radical (unpaired) electrons. The van der Waals surface area contributed by atoms with E-state index in [4.69, 9.17) is 10.8 Å². The van der Waals surface area contributed by atoms with Crippen molar-refractivity contribution in [3.05, 3.63) is 11.9 Å². The summed E-state index contributed by atoms with van der Waals surface area (Å²) in [6, 6.07) is 0. The van der Waals surface area contributed by atoms with Gasteiger partial charge in [0.1, 0.15) is 0 Å². The number of unbranched alkanes of at least 4 members (excludes halogenated alkanes) is 1. The molecule has 0 bridgehead atoms. The summed E-state index contributed by atoms with van der Waals surface area (Å²) in [6.07, 6.45) is 5.56. The van der Waals surface area contributed by atoms with Gasteiger partial charge in [-0.1, -0.05) is 5.21 Å². The van der Waals surface area contributed by atoms with Crippen LogP contribution in [-0.2, 0) is 13.0 Å². The van der Waals surface area contributed by atoms with Crippen LogP contribution in [0.3, 0.4) is 0 Å². The standard InChI is InChI=1S/C9H18N4O/c10-5-3-4-9-8-13(12-11-9)6-1-2-7-14/h8,14H,1-7,10H2. The molecule has 0 aliphatic heterocycles. The number of aromatic nitrogens is 3. The van der Waals surface area contributed by atoms with Gasteiger partial charge in [-0.25, -0.2) is 0 Å². The minimum Gasteiger partial charge on any atom is -0.396 e. The number of rotatable bonds is 7. The minimum absolute atomic E-state index is 0.245. The molecular formula is C9H18N4O. The smallest absolute Gasteiger partial charge is 0.0827 e. The molecule has 3 N–H and O–H groups in total. The molecule has 0 fully saturated rings. The van der Waals surface area contributed by atoms with Gasteiger partial charge in [-0.05, 0) is 32.2 Å². The highest BCUT2D eigenvalue weighted by molar-refractivity contribution is 4.92. The molecular weight excluding hydrogens is 180 g/mol. The van der Waals surface area contributed by atoms with E-state index in [1.165, 1.54) is 0 Å². The average Bonchev–Trinajstić information content (AvgIpc) is 2.63. The van der Waals surface area contributed by atoms with Crippen molar-refractivity contribution < 1.29 is 5.11 Å². The molecule has 1 aromatic rings. The van der Waals surface area contributed by atoms with Gasteiger partial charge in [-0.3, -0.25) is 4.68 Å². The number of nitrogens with zero attached hydrogens (tertiary/aromatic N) is 3. The Morgan fingerprint density at radius 3 is 2.93 bits per heavy atom. The minimum atomic E-state index is 0.245. The second kappa shape index (κ2) is 6.50. The van der Waals surface area contributed by atoms with Crippen LogP contribution in [0.1, 0.15) is 25.0 Å². The molecule has 1 rings (SSSR count). The van der Waals surface area contributed by atoms with Gasteiger partial charge in [0.2, 0.25) is 0 Å². The van der Waals surface area contributed by atoms with Crippen molar-refractivity contribution >= 4 is 0 Å². The zero-order valence-electron chi connectivity index (χ0n) is 8.39. The molecule has 5 heteroatoms. The third-order valence-electron chi connectivity index (χ3n) is 2.02. The van der Waals surface area contributed by atoms with Crippen molar-refractivity contribution in [1.82, 2.24) is 15.0 Å². The van der Waals surface area contributed by atoms with E-state index < -0.39 is 0 Å². The van der Waals surface area contributed by atoms with E-state index in [-0.39, 0.29) is 6.61 Å². The van der Waals surface area contributed by atoms with E-state index >= 15 is 0 Å². The van der Waals surface area contributed by atoms with E-state index in [9.17, 15) is 0 Å². The molecule has 0 amide bonds. The molecule has 0 unspecified atom stereocenters. The monoisotopic (exact) mass is 198 g/mol. The summed E-state index contributed by atoms with van der Waals surface area (Å²) < 4.78 is 1.82. The van der Waals surface area contributed by atoms with Gasteiger partial charge in [0.25, 0.3) is 0 Å². The predicted octanol–water partition coefficient (Wildman–Crippen LogP) is -0.0581. The lowest BCUT2D eigenvalue weighted by Crippen LogP contribution is -2.00. The van der Waals surface area contributed by atoms with E-state index in [0.717, 1.165) is 37.9 Å². The first-order valence-electron chi connectivity index (χ1n) is 5.06. The molecule has 0 aromatic carbocycles. The summed E-state index contributed by atoms with van der Waals surface area (Å²) in [4.78, 5) is 0. The summed E-state index contributed by atoms with van der Waals surface area (Å²) in [7, 11) is 0. The van der Waals surface area contributed by atoms with Gasteiger partial charge in [0, 0.05) is 19.3 Å². The number of hydrogen-bond acceptors (Lipinski definition) is 4. The Morgan fingerprint density at radius 2 is 2.21 bits per heavy atom. The Labute approximate surface area is 83.9 Å². The Morgan fingerprint density at radius 1 is 1.36 bits per heavy atom. The number of aryl methyl sites for hydroxylation is 2. The highest BCUT2D eigenvalue weighted by Crippen LogP contribution is 1.99. The zero-order valence-corrected chi connectivity index (χ0v) is 8.39. The van der Waals surface area contributed by atoms with Crippen molar-refractivity contribution in [1.29, 1.82) is 0 Å². The highest BCUT2D eigenvalue weighted by atomic mass is 16.2. The van der Waals surface area contributed by atoms with Gasteiger partial charge < -0.3 is 10.8 Å². The van der Waals surface area contributed by atoms with Crippen LogP contribution in [0.25, 0.3) is 0 Å². The van der Waals surface area contributed by atoms with Crippen LogP contribution in [0.5, 0.6) is 0 Å². The molecule has 0 saturated heterocycles. The van der Waals surface area contributed by atoms with E-state index in [1.54, 1.807) is 0 Å². The quantitative estimate of drug-likeness (QED) is 0.602. The van der Waals surface area contributed by atoms with Crippen molar-refractivity contribution in [3.8, 4) is 0 Å². The van der Waals surface area contributed by atoms with Crippen LogP contribution in [0.4, 0.5) is 0 Å². The molecule has 0 atom stereocenters. The first-order valence-corrected chi connectivity index (χ1v) is 5.06. The maximum atomic E-state index is 8.61. The van der Waals surface area contributed by atoms with Crippen LogP contribution in [-0.4, -0.2) is 33.3 Å². The van der Waals surface area contributed by atoms with Gasteiger partial charge in [0.05, 0.1) is 5.69 Å². The normalized spacial score (nSPS) is 10.7. The largest absolute Gasteiger partial charge is 0.396 e. The Hall–Kier alpha value is -0.940. The molecule has 80 valence electrons. The number of nitrogens with two attached hydrogens (primary N) is 1. The van der Waals surface area contributed by atoms with Crippen LogP contribution in [0, 0.1) is 0 Å². The first kappa shape index (κ1) is 11.1. The fraction of sp³-hybridized carbons (Fsp3) is 0.778. The second-order valence-electron chi connectivity index (χ2n) is 3.30. The molecule has 1 heterocycles. The van der Waals surface area contributed by atoms with Gasteiger partial charge in [-0.15, -0.1) is 5.10 Å². The lowest BCUT2D eigenvalue weighted by atomic mass is 10.2. The fourth-order valence-electron chi connectivity index (χ4n) is 1.23. The molecule has 0 aliphatic carbocycles. The number of aliphatic hydroxyl groups excluding tert-OH is 1. The van der Waals surface area contributed by atoms with Gasteiger partial charge in [0.15, 0.2) is 0 Å². The number of aliphatic hydroxyl groups is 1. The second-order valence-corrected chi connectivity index (χ2v) is 3.30. The molecule has 1 aromatic heterocycles. The Balaban J connectivity index is 2.27. The summed E-state index contributed by atoms with van der Waals surface area (Å²) in [5.74, 6) is 0. The van der Waals surface area contributed by atoms with Crippen molar-refractivity contribution in [2.75, 3.05) is 13.2 Å². The molecule has 0 aliphatic rings. The third kappa shape index (κ3) is 3.85. The zero-order chi connectivity index (χ0) is 10.2. The molecule has 14 heavy (non-hydrogen) atoms. The first-order chi connectivity index (χ1) is 6.86. The maximum Gasteiger partial charge on any atom is 0.0827 e. The highest BCUT2D eigenvalue weighted by Gasteiger charge is 1.99. The van der Waals surface area contributed by atoms with Crippen LogP contribution < -0.4 is 5.73 Å². The predicted molar refractivity (Wildman–Crippen MR) is 53.7 cm³/mol. The summed E-state index contributed by atoms with van der Waals surface area (Å²) >= 11 is 0. The Kier molecular flexibility index (Phi) is 5.17. The van der Waals surface area contributed by atoms with Gasteiger partial charge >= 0.3 is 0 Å². The van der Waals surface area contributed by atoms with E-state index in [0.29, 0.717) is 6.54 Å². The molecule has 5 nitrogen and oxygen atoms in total. The summed E-state index contributed by atoms with van der Waals surface area (Å²) in [5, 5.41) is 16.6. The van der Waals surface area contributed by atoms with Crippen LogP contribution in [0.15, 0.2) is 6.20 Å². The molecule has 0 saturated carbocycles. The lowest BCUT2D eigenvalue weighted by Gasteiger charge is -1.97. The third-order valence-corrected chi connectivity index (χ3v) is 2.02. The maximum absolute atomic E-state index is 8.61. The van der Waals surface area contributed by atoms with Crippen molar-refractivity contribution in [2.24, 2.45) is 5.73 Å². The van der Waals surface area contributed by atoms with Crippen molar-refractivity contribution in [3.63, 3.8) is 0 Å². The topological polar surface area (TPSA) is 77.0 Å². The summed E-state index contributed by atoms with van der Waals surface area (Å²) in [5.41, 5.74) is 6.40.